The highest BCUT2D eigenvalue weighted by Crippen LogP contribution is 2.40. The van der Waals surface area contributed by atoms with Gasteiger partial charge >= 0.3 is 0 Å². The van der Waals surface area contributed by atoms with Gasteiger partial charge < -0.3 is 19.9 Å². The maximum atomic E-state index is 6.21. The standard InChI is InChI=1S/C14H21NO3/c1-14(2,15)11-7-12(16-3)9-5-6-18-8-10(9)13(11)17-4/h7H,5-6,8,15H2,1-4H3. The minimum Gasteiger partial charge on any atom is -0.496 e. The van der Waals surface area contributed by atoms with E-state index >= 15 is 0 Å². The largest absolute Gasteiger partial charge is 0.496 e. The molecule has 1 aliphatic heterocycles. The fourth-order valence-electron chi connectivity index (χ4n) is 2.40. The average Bonchev–Trinajstić information content (AvgIpc) is 2.35. The number of benzene rings is 1. The van der Waals surface area contributed by atoms with Gasteiger partial charge in [0, 0.05) is 22.2 Å². The van der Waals surface area contributed by atoms with E-state index in [0.29, 0.717) is 6.61 Å². The molecule has 0 fully saturated rings. The number of nitrogens with two attached hydrogens (primary N) is 1. The summed E-state index contributed by atoms with van der Waals surface area (Å²) >= 11 is 0. The molecule has 0 unspecified atom stereocenters. The van der Waals surface area contributed by atoms with Crippen LogP contribution < -0.4 is 15.2 Å². The molecule has 100 valence electrons. The number of fused-ring (bicyclic) bond motifs is 1. The SMILES string of the molecule is COc1cc(C(C)(C)N)c(OC)c2c1CCOC2. The molecule has 1 heterocycles. The molecule has 4 nitrogen and oxygen atoms in total. The normalized spacial score (nSPS) is 15.2. The minimum absolute atomic E-state index is 0.481. The second kappa shape index (κ2) is 4.78. The molecule has 1 aromatic rings. The fraction of sp³-hybridized carbons (Fsp3) is 0.571. The lowest BCUT2D eigenvalue weighted by molar-refractivity contribution is 0.107. The Balaban J connectivity index is 2.68. The van der Waals surface area contributed by atoms with E-state index in [1.165, 1.54) is 5.56 Å². The minimum atomic E-state index is -0.481. The van der Waals surface area contributed by atoms with Crippen LogP contribution in [-0.2, 0) is 23.3 Å². The highest BCUT2D eigenvalue weighted by atomic mass is 16.5. The van der Waals surface area contributed by atoms with Crippen molar-refractivity contribution in [1.82, 2.24) is 0 Å². The predicted octanol–water partition coefficient (Wildman–Crippen LogP) is 1.97. The van der Waals surface area contributed by atoms with Crippen LogP contribution in [0.5, 0.6) is 11.5 Å². The monoisotopic (exact) mass is 251 g/mol. The molecule has 0 aromatic heterocycles. The molecular weight excluding hydrogens is 230 g/mol. The van der Waals surface area contributed by atoms with Gasteiger partial charge in [-0.1, -0.05) is 0 Å². The fourth-order valence-corrected chi connectivity index (χ4v) is 2.40. The third-order valence-corrected chi connectivity index (χ3v) is 3.32. The Morgan fingerprint density at radius 2 is 1.94 bits per heavy atom. The first-order valence-electron chi connectivity index (χ1n) is 6.13. The Labute approximate surface area is 108 Å². The van der Waals surface area contributed by atoms with Crippen LogP contribution in [0.15, 0.2) is 6.07 Å². The van der Waals surface area contributed by atoms with Gasteiger partial charge in [0.25, 0.3) is 0 Å². The summed E-state index contributed by atoms with van der Waals surface area (Å²) in [6.45, 7) is 5.19. The smallest absolute Gasteiger partial charge is 0.129 e. The molecule has 0 bridgehead atoms. The number of hydrogen-bond acceptors (Lipinski definition) is 4. The van der Waals surface area contributed by atoms with E-state index in [9.17, 15) is 0 Å². The maximum absolute atomic E-state index is 6.21. The van der Waals surface area contributed by atoms with Crippen molar-refractivity contribution in [2.75, 3.05) is 20.8 Å². The van der Waals surface area contributed by atoms with E-state index in [1.807, 2.05) is 19.9 Å². The van der Waals surface area contributed by atoms with Gasteiger partial charge in [-0.2, -0.15) is 0 Å². The zero-order valence-corrected chi connectivity index (χ0v) is 11.5. The van der Waals surface area contributed by atoms with Crippen molar-refractivity contribution in [3.05, 3.63) is 22.8 Å². The van der Waals surface area contributed by atoms with E-state index in [-0.39, 0.29) is 0 Å². The lowest BCUT2D eigenvalue weighted by Gasteiger charge is -2.29. The molecule has 0 saturated heterocycles. The summed E-state index contributed by atoms with van der Waals surface area (Å²) in [5, 5.41) is 0. The van der Waals surface area contributed by atoms with Crippen molar-refractivity contribution in [2.45, 2.75) is 32.4 Å². The summed E-state index contributed by atoms with van der Waals surface area (Å²) in [6, 6.07) is 1.99. The molecule has 4 heteroatoms. The molecule has 1 aromatic carbocycles. The van der Waals surface area contributed by atoms with Gasteiger partial charge in [0.05, 0.1) is 27.4 Å². The van der Waals surface area contributed by atoms with Crippen LogP contribution in [0.3, 0.4) is 0 Å². The first-order valence-corrected chi connectivity index (χ1v) is 6.13. The topological polar surface area (TPSA) is 53.7 Å². The Hall–Kier alpha value is -1.26. The van der Waals surface area contributed by atoms with Crippen LogP contribution in [0.2, 0.25) is 0 Å². The van der Waals surface area contributed by atoms with E-state index in [1.54, 1.807) is 14.2 Å². The summed E-state index contributed by atoms with van der Waals surface area (Å²) in [5.74, 6) is 1.71. The second-order valence-electron chi connectivity index (χ2n) is 5.14. The van der Waals surface area contributed by atoms with Crippen LogP contribution in [0.1, 0.15) is 30.5 Å². The van der Waals surface area contributed by atoms with Crippen molar-refractivity contribution < 1.29 is 14.2 Å². The van der Waals surface area contributed by atoms with E-state index in [0.717, 1.165) is 35.7 Å². The van der Waals surface area contributed by atoms with E-state index < -0.39 is 5.54 Å². The van der Waals surface area contributed by atoms with Crippen molar-refractivity contribution in [2.24, 2.45) is 5.73 Å². The average molecular weight is 251 g/mol. The predicted molar refractivity (Wildman–Crippen MR) is 70.1 cm³/mol. The Bertz CT molecular complexity index is 449. The van der Waals surface area contributed by atoms with Crippen molar-refractivity contribution in [3.8, 4) is 11.5 Å². The quantitative estimate of drug-likeness (QED) is 0.892. The van der Waals surface area contributed by atoms with Gasteiger partial charge in [-0.05, 0) is 26.3 Å². The van der Waals surface area contributed by atoms with Gasteiger partial charge in [-0.3, -0.25) is 0 Å². The molecule has 0 saturated carbocycles. The Morgan fingerprint density at radius 1 is 1.22 bits per heavy atom. The lowest BCUT2D eigenvalue weighted by atomic mass is 9.88. The molecule has 0 amide bonds. The van der Waals surface area contributed by atoms with Crippen molar-refractivity contribution in [3.63, 3.8) is 0 Å². The van der Waals surface area contributed by atoms with Crippen molar-refractivity contribution >= 4 is 0 Å². The molecule has 1 aliphatic rings. The molecule has 0 radical (unpaired) electrons. The highest BCUT2D eigenvalue weighted by Gasteiger charge is 2.27. The van der Waals surface area contributed by atoms with Crippen LogP contribution in [0.4, 0.5) is 0 Å². The summed E-state index contributed by atoms with van der Waals surface area (Å²) < 4.78 is 16.6. The zero-order valence-electron chi connectivity index (χ0n) is 11.5. The van der Waals surface area contributed by atoms with Gasteiger partial charge in [0.2, 0.25) is 0 Å². The molecule has 2 N–H and O–H groups in total. The Morgan fingerprint density at radius 3 is 2.50 bits per heavy atom. The number of rotatable bonds is 3. The molecular formula is C14H21NO3. The molecule has 2 rings (SSSR count). The van der Waals surface area contributed by atoms with E-state index in [4.69, 9.17) is 19.9 Å². The number of ether oxygens (including phenoxy) is 3. The van der Waals surface area contributed by atoms with Crippen LogP contribution in [-0.4, -0.2) is 20.8 Å². The molecule has 18 heavy (non-hydrogen) atoms. The highest BCUT2D eigenvalue weighted by molar-refractivity contribution is 5.56. The summed E-state index contributed by atoms with van der Waals surface area (Å²) in [5.41, 5.74) is 8.92. The maximum Gasteiger partial charge on any atom is 0.129 e. The third-order valence-electron chi connectivity index (χ3n) is 3.32. The zero-order chi connectivity index (χ0) is 13.3. The first-order chi connectivity index (χ1) is 8.49. The summed E-state index contributed by atoms with van der Waals surface area (Å²) in [6.07, 6.45) is 0.847. The number of methoxy groups -OCH3 is 2. The second-order valence-corrected chi connectivity index (χ2v) is 5.14. The van der Waals surface area contributed by atoms with Crippen LogP contribution >= 0.6 is 0 Å². The first kappa shape index (κ1) is 13.2. The lowest BCUT2D eigenvalue weighted by Crippen LogP contribution is -2.30. The molecule has 0 aliphatic carbocycles. The van der Waals surface area contributed by atoms with Crippen LogP contribution in [0.25, 0.3) is 0 Å². The van der Waals surface area contributed by atoms with Gasteiger partial charge in [0.1, 0.15) is 11.5 Å². The van der Waals surface area contributed by atoms with Gasteiger partial charge in [-0.15, -0.1) is 0 Å². The van der Waals surface area contributed by atoms with Crippen molar-refractivity contribution in [1.29, 1.82) is 0 Å². The summed E-state index contributed by atoms with van der Waals surface area (Å²) in [4.78, 5) is 0. The van der Waals surface area contributed by atoms with Crippen LogP contribution in [0, 0.1) is 0 Å². The molecule has 0 atom stereocenters. The Kier molecular flexibility index (Phi) is 3.50. The molecule has 0 spiro atoms. The summed E-state index contributed by atoms with van der Waals surface area (Å²) in [7, 11) is 3.36. The van der Waals surface area contributed by atoms with E-state index in [2.05, 4.69) is 0 Å². The van der Waals surface area contributed by atoms with Gasteiger partial charge in [0.15, 0.2) is 0 Å². The third kappa shape index (κ3) is 2.18. The van der Waals surface area contributed by atoms with Gasteiger partial charge in [-0.25, -0.2) is 0 Å². The number of hydrogen-bond donors (Lipinski definition) is 1.